The molecule has 0 saturated carbocycles. The molecule has 6 nitrogen and oxygen atoms in total. The quantitative estimate of drug-likeness (QED) is 0.196. The predicted molar refractivity (Wildman–Crippen MR) is 56.1 cm³/mol. The lowest BCUT2D eigenvalue weighted by Crippen LogP contribution is -2.30. The smallest absolute Gasteiger partial charge is 0.164 e. The molecule has 0 radical (unpaired) electrons. The van der Waals surface area contributed by atoms with Crippen molar-refractivity contribution < 1.29 is 0 Å². The second-order valence-corrected chi connectivity index (χ2v) is 2.36. The number of nitrogens with zero attached hydrogens (tertiary/aromatic N) is 2. The van der Waals surface area contributed by atoms with Gasteiger partial charge in [-0.3, -0.25) is 0 Å². The molecule has 0 aliphatic heterocycles. The van der Waals surface area contributed by atoms with E-state index in [1.165, 1.54) is 0 Å². The van der Waals surface area contributed by atoms with Crippen molar-refractivity contribution in [3.05, 3.63) is 11.4 Å². The summed E-state index contributed by atoms with van der Waals surface area (Å²) < 4.78 is 0. The Kier molecular flexibility index (Phi) is 5.70. The summed E-state index contributed by atoms with van der Waals surface area (Å²) >= 11 is 0. The molecule has 0 spiro atoms. The molecule has 0 heterocycles. The summed E-state index contributed by atoms with van der Waals surface area (Å²) in [6.45, 7) is 2.63. The van der Waals surface area contributed by atoms with E-state index >= 15 is 0 Å². The highest BCUT2D eigenvalue weighted by atomic mass is 15.3. The molecule has 0 amide bonds. The van der Waals surface area contributed by atoms with Crippen LogP contribution in [0.25, 0.3) is 0 Å². The standard InChI is InChI=1S/C8H16N6/c1-4-13-8(11-2)6(5-9)7(10)14-12-3/h11-13H,4H2,1-3H3,(H2,10,14). The van der Waals surface area contributed by atoms with Crippen molar-refractivity contribution in [1.29, 1.82) is 5.26 Å². The van der Waals surface area contributed by atoms with Crippen molar-refractivity contribution in [3.8, 4) is 6.07 Å². The van der Waals surface area contributed by atoms with E-state index in [-0.39, 0.29) is 5.84 Å². The van der Waals surface area contributed by atoms with Crippen LogP contribution in [0.5, 0.6) is 0 Å². The second-order valence-electron chi connectivity index (χ2n) is 2.36. The number of hydrazone groups is 1. The average Bonchev–Trinajstić information content (AvgIpc) is 2.18. The molecule has 5 N–H and O–H groups in total. The van der Waals surface area contributed by atoms with Gasteiger partial charge in [0.15, 0.2) is 5.84 Å². The summed E-state index contributed by atoms with van der Waals surface area (Å²) in [5.41, 5.74) is 8.39. The third kappa shape index (κ3) is 3.23. The summed E-state index contributed by atoms with van der Waals surface area (Å²) in [4.78, 5) is 0. The molecule has 0 aromatic heterocycles. The Morgan fingerprint density at radius 1 is 1.50 bits per heavy atom. The molecular weight excluding hydrogens is 180 g/mol. The minimum absolute atomic E-state index is 0.153. The highest BCUT2D eigenvalue weighted by Gasteiger charge is 2.08. The molecular formula is C8H16N6. The lowest BCUT2D eigenvalue weighted by molar-refractivity contribution is 0.760. The van der Waals surface area contributed by atoms with E-state index < -0.39 is 0 Å². The van der Waals surface area contributed by atoms with Gasteiger partial charge in [0.25, 0.3) is 0 Å². The summed E-state index contributed by atoms with van der Waals surface area (Å²) in [5.74, 6) is 0.729. The summed E-state index contributed by atoms with van der Waals surface area (Å²) in [6.07, 6.45) is 0. The topological polar surface area (TPSA) is 98.3 Å². The molecule has 0 aliphatic carbocycles. The number of rotatable bonds is 5. The van der Waals surface area contributed by atoms with Gasteiger partial charge in [0.1, 0.15) is 17.5 Å². The fraction of sp³-hybridized carbons (Fsp3) is 0.500. The lowest BCUT2D eigenvalue weighted by Gasteiger charge is -2.10. The van der Waals surface area contributed by atoms with Gasteiger partial charge in [-0.2, -0.15) is 10.4 Å². The van der Waals surface area contributed by atoms with Crippen molar-refractivity contribution >= 4 is 5.84 Å². The highest BCUT2D eigenvalue weighted by Crippen LogP contribution is 1.96. The Morgan fingerprint density at radius 3 is 2.50 bits per heavy atom. The third-order valence-electron chi connectivity index (χ3n) is 1.45. The summed E-state index contributed by atoms with van der Waals surface area (Å²) in [6, 6.07) is 1.98. The van der Waals surface area contributed by atoms with Crippen molar-refractivity contribution in [3.63, 3.8) is 0 Å². The first-order valence-electron chi connectivity index (χ1n) is 4.27. The summed E-state index contributed by atoms with van der Waals surface area (Å²) in [7, 11) is 3.33. The van der Waals surface area contributed by atoms with Crippen LogP contribution in [0.15, 0.2) is 16.5 Å². The minimum atomic E-state index is 0.153. The van der Waals surface area contributed by atoms with E-state index in [9.17, 15) is 0 Å². The fourth-order valence-electron chi connectivity index (χ4n) is 0.896. The molecule has 0 bridgehead atoms. The highest BCUT2D eigenvalue weighted by molar-refractivity contribution is 6.00. The zero-order chi connectivity index (χ0) is 11.0. The van der Waals surface area contributed by atoms with Gasteiger partial charge in [0.05, 0.1) is 0 Å². The maximum atomic E-state index is 8.87. The zero-order valence-electron chi connectivity index (χ0n) is 8.68. The number of nitrogens with one attached hydrogen (secondary N) is 3. The van der Waals surface area contributed by atoms with E-state index in [1.54, 1.807) is 14.1 Å². The van der Waals surface area contributed by atoms with E-state index in [4.69, 9.17) is 11.0 Å². The van der Waals surface area contributed by atoms with E-state index in [0.717, 1.165) is 0 Å². The van der Waals surface area contributed by atoms with Crippen LogP contribution in [-0.4, -0.2) is 26.5 Å². The Hall–Kier alpha value is -1.90. The molecule has 0 atom stereocenters. The number of hydrogen-bond acceptors (Lipinski definition) is 5. The number of amidine groups is 1. The Bertz CT molecular complexity index is 272. The Morgan fingerprint density at radius 2 is 2.14 bits per heavy atom. The van der Waals surface area contributed by atoms with Crippen LogP contribution in [-0.2, 0) is 0 Å². The van der Waals surface area contributed by atoms with E-state index in [1.807, 2.05) is 13.0 Å². The normalized spacial score (nSPS) is 12.6. The van der Waals surface area contributed by atoms with Gasteiger partial charge in [-0.1, -0.05) is 0 Å². The van der Waals surface area contributed by atoms with Gasteiger partial charge in [0, 0.05) is 20.6 Å². The van der Waals surface area contributed by atoms with Crippen LogP contribution in [0.3, 0.4) is 0 Å². The van der Waals surface area contributed by atoms with Crippen molar-refractivity contribution in [2.45, 2.75) is 6.92 Å². The van der Waals surface area contributed by atoms with Gasteiger partial charge < -0.3 is 21.8 Å². The molecule has 6 heteroatoms. The van der Waals surface area contributed by atoms with Gasteiger partial charge in [-0.05, 0) is 6.92 Å². The van der Waals surface area contributed by atoms with E-state index in [0.29, 0.717) is 17.9 Å². The SMILES string of the molecule is CCNC(NC)=C(C#N)C(N)=NNC. The van der Waals surface area contributed by atoms with Crippen LogP contribution in [0.1, 0.15) is 6.92 Å². The average molecular weight is 196 g/mol. The van der Waals surface area contributed by atoms with E-state index in [2.05, 4.69) is 21.2 Å². The molecule has 0 fully saturated rings. The summed E-state index contributed by atoms with van der Waals surface area (Å²) in [5, 5.41) is 18.4. The van der Waals surface area contributed by atoms with Crippen molar-refractivity contribution in [2.24, 2.45) is 10.8 Å². The zero-order valence-corrected chi connectivity index (χ0v) is 8.68. The molecule has 0 unspecified atom stereocenters. The maximum absolute atomic E-state index is 8.87. The van der Waals surface area contributed by atoms with Crippen molar-refractivity contribution in [1.82, 2.24) is 16.1 Å². The fourth-order valence-corrected chi connectivity index (χ4v) is 0.896. The molecule has 0 rings (SSSR count). The van der Waals surface area contributed by atoms with Crippen LogP contribution in [0.2, 0.25) is 0 Å². The van der Waals surface area contributed by atoms with Crippen LogP contribution in [0.4, 0.5) is 0 Å². The van der Waals surface area contributed by atoms with Gasteiger partial charge in [-0.15, -0.1) is 0 Å². The molecule has 0 aromatic rings. The molecule has 0 aromatic carbocycles. The number of nitriles is 1. The van der Waals surface area contributed by atoms with Gasteiger partial charge in [0.2, 0.25) is 0 Å². The molecule has 78 valence electrons. The third-order valence-corrected chi connectivity index (χ3v) is 1.45. The lowest BCUT2D eigenvalue weighted by atomic mass is 10.2. The monoisotopic (exact) mass is 196 g/mol. The first-order valence-corrected chi connectivity index (χ1v) is 4.27. The van der Waals surface area contributed by atoms with Crippen molar-refractivity contribution in [2.75, 3.05) is 20.6 Å². The number of hydrogen-bond donors (Lipinski definition) is 4. The van der Waals surface area contributed by atoms with Crippen LogP contribution < -0.4 is 21.8 Å². The Balaban J connectivity index is 4.99. The first kappa shape index (κ1) is 12.1. The maximum Gasteiger partial charge on any atom is 0.164 e. The first-order chi connectivity index (χ1) is 6.71. The Labute approximate surface area is 83.9 Å². The number of nitrogens with two attached hydrogens (primary N) is 1. The largest absolute Gasteiger partial charge is 0.381 e. The molecule has 0 aliphatic rings. The van der Waals surface area contributed by atoms with Gasteiger partial charge >= 0.3 is 0 Å². The molecule has 0 saturated heterocycles. The second kappa shape index (κ2) is 6.60. The predicted octanol–water partition coefficient (Wildman–Crippen LogP) is -0.958. The van der Waals surface area contributed by atoms with Gasteiger partial charge in [-0.25, -0.2) is 0 Å². The molecule has 14 heavy (non-hydrogen) atoms. The minimum Gasteiger partial charge on any atom is -0.381 e. The van der Waals surface area contributed by atoms with Crippen LogP contribution >= 0.6 is 0 Å². The van der Waals surface area contributed by atoms with Crippen LogP contribution in [0, 0.1) is 11.3 Å².